The summed E-state index contributed by atoms with van der Waals surface area (Å²) in [5.41, 5.74) is -0.0780. The van der Waals surface area contributed by atoms with E-state index in [2.05, 4.69) is 0 Å². The molecule has 0 aromatic heterocycles. The van der Waals surface area contributed by atoms with Gasteiger partial charge in [0, 0.05) is 12.9 Å². The van der Waals surface area contributed by atoms with Crippen molar-refractivity contribution in [1.82, 2.24) is 0 Å². The molecular weight excluding hydrogens is 259 g/mol. The maximum atomic E-state index is 13.0. The lowest BCUT2D eigenvalue weighted by Crippen LogP contribution is -2.18. The highest BCUT2D eigenvalue weighted by Crippen LogP contribution is 2.43. The molecule has 0 aliphatic carbocycles. The van der Waals surface area contributed by atoms with Crippen LogP contribution in [0.4, 0.5) is 17.6 Å². The van der Waals surface area contributed by atoms with Crippen LogP contribution in [0.1, 0.15) is 5.56 Å². The Morgan fingerprint density at radius 3 is 2.41 bits per heavy atom. The first kappa shape index (κ1) is 13.9. The molecule has 17 heavy (non-hydrogen) atoms. The fourth-order valence-electron chi connectivity index (χ4n) is 1.11. The summed E-state index contributed by atoms with van der Waals surface area (Å²) in [6.07, 6.45) is -5.91. The summed E-state index contributed by atoms with van der Waals surface area (Å²) < 4.78 is 59.7. The fourth-order valence-corrected chi connectivity index (χ4v) is 2.10. The molecule has 0 bridgehead atoms. The third-order valence-corrected chi connectivity index (χ3v) is 3.19. The molecule has 1 aromatic rings. The lowest BCUT2D eigenvalue weighted by atomic mass is 10.2. The van der Waals surface area contributed by atoms with E-state index in [1.54, 1.807) is 0 Å². The van der Waals surface area contributed by atoms with E-state index in [9.17, 15) is 27.0 Å². The summed E-state index contributed by atoms with van der Waals surface area (Å²) in [6.45, 7) is 0. The minimum atomic E-state index is -4.79. The van der Waals surface area contributed by atoms with Gasteiger partial charge in [0.25, 0.3) is 0 Å². The number of benzene rings is 1. The molecule has 2 nitrogen and oxygen atoms in total. The van der Waals surface area contributed by atoms with Gasteiger partial charge in [-0.05, 0) is 18.0 Å². The zero-order chi connectivity index (χ0) is 13.1. The fraction of sp³-hybridized carbons (Fsp3) is 0.200. The maximum Gasteiger partial charge on any atom is 0.394 e. The van der Waals surface area contributed by atoms with Crippen molar-refractivity contribution >= 4 is 13.4 Å². The Kier molecular flexibility index (Phi) is 4.11. The van der Waals surface area contributed by atoms with E-state index in [1.165, 1.54) is 18.2 Å². The van der Waals surface area contributed by atoms with Crippen LogP contribution in [0, 0.1) is 5.82 Å². The van der Waals surface area contributed by atoms with E-state index in [0.29, 0.717) is 5.82 Å². The standard InChI is InChI=1S/C10H9F4O2P/c11-9-4-2-1-3-8(9)5-6-17(15,16)7-10(12,13)14/h1-6H,7H2,(H,15,16)/p-1. The predicted molar refractivity (Wildman–Crippen MR) is 54.0 cm³/mol. The van der Waals surface area contributed by atoms with Gasteiger partial charge in [-0.1, -0.05) is 18.2 Å². The molecule has 7 heteroatoms. The molecule has 0 fully saturated rings. The summed E-state index contributed by atoms with van der Waals surface area (Å²) in [4.78, 5) is 11.0. The van der Waals surface area contributed by atoms with Crippen LogP contribution in [0.25, 0.3) is 6.08 Å². The number of halogens is 4. The Morgan fingerprint density at radius 2 is 1.88 bits per heavy atom. The van der Waals surface area contributed by atoms with E-state index in [-0.39, 0.29) is 5.56 Å². The second-order valence-corrected chi connectivity index (χ2v) is 5.40. The topological polar surface area (TPSA) is 40.1 Å². The minimum absolute atomic E-state index is 0.0780. The molecule has 1 unspecified atom stereocenters. The third-order valence-electron chi connectivity index (χ3n) is 1.79. The molecule has 1 aromatic carbocycles. The normalized spacial score (nSPS) is 16.1. The van der Waals surface area contributed by atoms with E-state index in [1.807, 2.05) is 0 Å². The van der Waals surface area contributed by atoms with Gasteiger partial charge in [0.05, 0.1) is 6.16 Å². The van der Waals surface area contributed by atoms with Gasteiger partial charge in [0.1, 0.15) is 5.82 Å². The van der Waals surface area contributed by atoms with Crippen molar-refractivity contribution in [2.45, 2.75) is 6.18 Å². The molecule has 0 amide bonds. The van der Waals surface area contributed by atoms with Gasteiger partial charge in [-0.15, -0.1) is 0 Å². The molecule has 0 saturated carbocycles. The molecule has 0 spiro atoms. The average molecular weight is 267 g/mol. The lowest BCUT2D eigenvalue weighted by Gasteiger charge is -2.20. The van der Waals surface area contributed by atoms with Crippen LogP contribution in [-0.2, 0) is 4.57 Å². The summed E-state index contributed by atoms with van der Waals surface area (Å²) >= 11 is 0. The van der Waals surface area contributed by atoms with Gasteiger partial charge in [-0.3, -0.25) is 0 Å². The number of hydrogen-bond acceptors (Lipinski definition) is 2. The van der Waals surface area contributed by atoms with Crippen LogP contribution in [0.5, 0.6) is 0 Å². The second-order valence-electron chi connectivity index (χ2n) is 3.34. The van der Waals surface area contributed by atoms with Gasteiger partial charge in [-0.2, -0.15) is 13.2 Å². The maximum absolute atomic E-state index is 13.0. The molecule has 94 valence electrons. The predicted octanol–water partition coefficient (Wildman–Crippen LogP) is 3.00. The summed E-state index contributed by atoms with van der Waals surface area (Å²) in [5, 5.41) is 0. The van der Waals surface area contributed by atoms with Gasteiger partial charge in [0.15, 0.2) is 0 Å². The lowest BCUT2D eigenvalue weighted by molar-refractivity contribution is -0.182. The smallest absolute Gasteiger partial charge is 0.394 e. The Hall–Kier alpha value is -1.13. The third kappa shape index (κ3) is 5.15. The van der Waals surface area contributed by atoms with Crippen LogP contribution in [0.15, 0.2) is 30.1 Å². The molecule has 0 N–H and O–H groups in total. The molecule has 1 rings (SSSR count). The quantitative estimate of drug-likeness (QED) is 0.624. The Bertz CT molecular complexity index is 468. The largest absolute Gasteiger partial charge is 0.796 e. The second kappa shape index (κ2) is 5.02. The van der Waals surface area contributed by atoms with Gasteiger partial charge in [0.2, 0.25) is 0 Å². The SMILES string of the molecule is O=P([O-])(C=Cc1ccccc1F)CC(F)(F)F. The van der Waals surface area contributed by atoms with Crippen molar-refractivity contribution in [3.05, 3.63) is 41.5 Å². The number of hydrogen-bond donors (Lipinski definition) is 0. The van der Waals surface area contributed by atoms with Crippen LogP contribution < -0.4 is 4.89 Å². The summed E-state index contributed by atoms with van der Waals surface area (Å²) in [7, 11) is -4.72. The van der Waals surface area contributed by atoms with E-state index >= 15 is 0 Å². The van der Waals surface area contributed by atoms with Crippen LogP contribution >= 0.6 is 7.37 Å². The van der Waals surface area contributed by atoms with Crippen molar-refractivity contribution in [2.24, 2.45) is 0 Å². The van der Waals surface area contributed by atoms with Crippen LogP contribution in [0.3, 0.4) is 0 Å². The zero-order valence-electron chi connectivity index (χ0n) is 8.45. The van der Waals surface area contributed by atoms with Crippen molar-refractivity contribution < 1.29 is 27.0 Å². The minimum Gasteiger partial charge on any atom is -0.796 e. The molecule has 0 saturated heterocycles. The van der Waals surface area contributed by atoms with Gasteiger partial charge in [-0.25, -0.2) is 4.39 Å². The molecule has 1 atom stereocenters. The van der Waals surface area contributed by atoms with Crippen molar-refractivity contribution in [3.63, 3.8) is 0 Å². The highest BCUT2D eigenvalue weighted by molar-refractivity contribution is 7.60. The Morgan fingerprint density at radius 1 is 1.29 bits per heavy atom. The molecule has 0 aliphatic rings. The first-order valence-corrected chi connectivity index (χ1v) is 6.38. The number of rotatable bonds is 3. The summed E-state index contributed by atoms with van der Waals surface area (Å²) in [5.74, 6) is -0.311. The molecular formula is C10H8F4O2P-. The van der Waals surface area contributed by atoms with Crippen molar-refractivity contribution in [2.75, 3.05) is 6.16 Å². The molecule has 0 heterocycles. The van der Waals surface area contributed by atoms with E-state index in [4.69, 9.17) is 0 Å². The monoisotopic (exact) mass is 267 g/mol. The summed E-state index contributed by atoms with van der Waals surface area (Å²) in [6, 6.07) is 5.18. The Balaban J connectivity index is 2.84. The van der Waals surface area contributed by atoms with Gasteiger partial charge < -0.3 is 9.46 Å². The van der Waals surface area contributed by atoms with Gasteiger partial charge >= 0.3 is 6.18 Å². The van der Waals surface area contributed by atoms with Crippen molar-refractivity contribution in [3.8, 4) is 0 Å². The average Bonchev–Trinajstić information content (AvgIpc) is 2.13. The Labute approximate surface area is 95.0 Å². The van der Waals surface area contributed by atoms with E-state index < -0.39 is 25.5 Å². The van der Waals surface area contributed by atoms with Crippen LogP contribution in [0.2, 0.25) is 0 Å². The molecule has 0 radical (unpaired) electrons. The van der Waals surface area contributed by atoms with Crippen molar-refractivity contribution in [1.29, 1.82) is 0 Å². The first-order chi connectivity index (χ1) is 7.70. The number of alkyl halides is 3. The molecule has 0 aliphatic heterocycles. The zero-order valence-corrected chi connectivity index (χ0v) is 9.34. The van der Waals surface area contributed by atoms with Crippen LogP contribution in [-0.4, -0.2) is 12.3 Å². The highest BCUT2D eigenvalue weighted by atomic mass is 31.2. The first-order valence-electron chi connectivity index (χ1n) is 4.50. The van der Waals surface area contributed by atoms with E-state index in [0.717, 1.165) is 12.1 Å². The highest BCUT2D eigenvalue weighted by Gasteiger charge is 2.31.